The largest absolute Gasteiger partial charge is 0.398 e. The van der Waals surface area contributed by atoms with Gasteiger partial charge in [0.2, 0.25) is 0 Å². The molecule has 4 nitrogen and oxygen atoms in total. The molecule has 0 aliphatic carbocycles. The minimum atomic E-state index is -0.0880. The highest BCUT2D eigenvalue weighted by Crippen LogP contribution is 2.26. The van der Waals surface area contributed by atoms with Crippen LogP contribution in [0.5, 0.6) is 0 Å². The van der Waals surface area contributed by atoms with Crippen molar-refractivity contribution in [2.45, 2.75) is 26.0 Å². The lowest BCUT2D eigenvalue weighted by Gasteiger charge is -2.37. The minimum Gasteiger partial charge on any atom is -0.398 e. The molecule has 5 heteroatoms. The van der Waals surface area contributed by atoms with Gasteiger partial charge >= 0.3 is 0 Å². The summed E-state index contributed by atoms with van der Waals surface area (Å²) in [6, 6.07) is 5.17. The molecule has 1 fully saturated rings. The van der Waals surface area contributed by atoms with E-state index in [9.17, 15) is 4.79 Å². The van der Waals surface area contributed by atoms with Crippen LogP contribution in [0.25, 0.3) is 0 Å². The van der Waals surface area contributed by atoms with Gasteiger partial charge in [-0.1, -0.05) is 17.7 Å². The Morgan fingerprint density at radius 3 is 2.94 bits per heavy atom. The average Bonchev–Trinajstić information content (AvgIpc) is 2.35. The van der Waals surface area contributed by atoms with E-state index in [-0.39, 0.29) is 18.1 Å². The predicted octanol–water partition coefficient (Wildman–Crippen LogP) is 2.17. The fraction of sp³-hybridized carbons (Fsp3) is 0.462. The lowest BCUT2D eigenvalue weighted by Crippen LogP contribution is -2.50. The van der Waals surface area contributed by atoms with Gasteiger partial charge in [-0.2, -0.15) is 0 Å². The number of amides is 1. The number of ether oxygens (including phenoxy) is 1. The number of nitrogens with two attached hydrogens (primary N) is 1. The second-order valence-corrected chi connectivity index (χ2v) is 5.04. The number of hydrogen-bond acceptors (Lipinski definition) is 3. The average molecular weight is 269 g/mol. The summed E-state index contributed by atoms with van der Waals surface area (Å²) in [7, 11) is 0. The van der Waals surface area contributed by atoms with Crippen LogP contribution in [0.15, 0.2) is 18.2 Å². The number of morpholine rings is 1. The Morgan fingerprint density at radius 2 is 2.22 bits per heavy atom. The normalized spacial score (nSPS) is 24.1. The van der Waals surface area contributed by atoms with Gasteiger partial charge in [-0.15, -0.1) is 0 Å². The van der Waals surface area contributed by atoms with Crippen LogP contribution in [-0.2, 0) is 4.74 Å². The summed E-state index contributed by atoms with van der Waals surface area (Å²) >= 11 is 6.09. The molecule has 2 rings (SSSR count). The molecule has 0 bridgehead atoms. The van der Waals surface area contributed by atoms with Crippen molar-refractivity contribution in [1.82, 2.24) is 4.90 Å². The number of anilines is 1. The van der Waals surface area contributed by atoms with E-state index in [1.165, 1.54) is 0 Å². The van der Waals surface area contributed by atoms with Gasteiger partial charge in [0.05, 0.1) is 35.0 Å². The number of rotatable bonds is 1. The number of carbonyl (C=O) groups is 1. The number of nitrogens with zero attached hydrogens (tertiary/aromatic N) is 1. The number of nitrogen functional groups attached to an aromatic ring is 1. The van der Waals surface area contributed by atoms with Crippen LogP contribution >= 0.6 is 11.6 Å². The van der Waals surface area contributed by atoms with Crippen LogP contribution in [-0.4, -0.2) is 36.1 Å². The summed E-state index contributed by atoms with van der Waals surface area (Å²) in [4.78, 5) is 14.2. The van der Waals surface area contributed by atoms with Gasteiger partial charge in [-0.3, -0.25) is 4.79 Å². The van der Waals surface area contributed by atoms with Gasteiger partial charge in [-0.05, 0) is 26.0 Å². The zero-order chi connectivity index (χ0) is 13.3. The van der Waals surface area contributed by atoms with Crippen LogP contribution in [0.1, 0.15) is 24.2 Å². The lowest BCUT2D eigenvalue weighted by molar-refractivity contribution is -0.0387. The maximum absolute atomic E-state index is 12.5. The van der Waals surface area contributed by atoms with E-state index < -0.39 is 0 Å². The number of carbonyl (C=O) groups excluding carboxylic acids is 1. The van der Waals surface area contributed by atoms with E-state index >= 15 is 0 Å². The first-order valence-corrected chi connectivity index (χ1v) is 6.35. The Balaban J connectivity index is 2.27. The fourth-order valence-electron chi connectivity index (χ4n) is 2.06. The van der Waals surface area contributed by atoms with Crippen molar-refractivity contribution in [2.75, 3.05) is 18.9 Å². The molecule has 1 aromatic rings. The standard InChI is InChI=1S/C13H17ClN2O2/c1-8-7-18-9(2)6-16(8)13(17)10-4-3-5-11(15)12(10)14/h3-5,8-9H,6-7,15H2,1-2H3. The van der Waals surface area contributed by atoms with Crippen molar-refractivity contribution in [3.63, 3.8) is 0 Å². The van der Waals surface area contributed by atoms with Gasteiger partial charge < -0.3 is 15.4 Å². The van der Waals surface area contributed by atoms with Crippen LogP contribution in [0.4, 0.5) is 5.69 Å². The van der Waals surface area contributed by atoms with Gasteiger partial charge in [0.25, 0.3) is 5.91 Å². The van der Waals surface area contributed by atoms with Gasteiger partial charge in [0.1, 0.15) is 0 Å². The molecule has 0 saturated carbocycles. The molecule has 0 radical (unpaired) electrons. The van der Waals surface area contributed by atoms with Crippen molar-refractivity contribution in [3.05, 3.63) is 28.8 Å². The fourth-order valence-corrected chi connectivity index (χ4v) is 2.26. The molecule has 1 saturated heterocycles. The molecule has 1 heterocycles. The van der Waals surface area contributed by atoms with Gasteiger partial charge in [-0.25, -0.2) is 0 Å². The summed E-state index contributed by atoms with van der Waals surface area (Å²) < 4.78 is 5.51. The van der Waals surface area contributed by atoms with Crippen molar-refractivity contribution < 1.29 is 9.53 Å². The molecule has 2 unspecified atom stereocenters. The van der Waals surface area contributed by atoms with Crippen LogP contribution in [0.3, 0.4) is 0 Å². The number of hydrogen-bond donors (Lipinski definition) is 1. The van der Waals surface area contributed by atoms with E-state index in [0.29, 0.717) is 29.4 Å². The van der Waals surface area contributed by atoms with Crippen LogP contribution in [0, 0.1) is 0 Å². The van der Waals surface area contributed by atoms with E-state index in [0.717, 1.165) is 0 Å². The Hall–Kier alpha value is -1.26. The summed E-state index contributed by atoms with van der Waals surface area (Å²) in [6.45, 7) is 5.04. The lowest BCUT2D eigenvalue weighted by atomic mass is 10.1. The van der Waals surface area contributed by atoms with E-state index in [2.05, 4.69) is 0 Å². The van der Waals surface area contributed by atoms with Gasteiger partial charge in [0, 0.05) is 6.54 Å². The third kappa shape index (κ3) is 2.44. The molecule has 0 aromatic heterocycles. The van der Waals surface area contributed by atoms with Crippen molar-refractivity contribution in [3.8, 4) is 0 Å². The molecule has 1 aromatic carbocycles. The zero-order valence-corrected chi connectivity index (χ0v) is 11.3. The molecular weight excluding hydrogens is 252 g/mol. The molecule has 0 spiro atoms. The Bertz CT molecular complexity index is 464. The molecule has 1 amide bonds. The van der Waals surface area contributed by atoms with Crippen molar-refractivity contribution >= 4 is 23.2 Å². The smallest absolute Gasteiger partial charge is 0.255 e. The number of halogens is 1. The van der Waals surface area contributed by atoms with E-state index in [4.69, 9.17) is 22.1 Å². The first-order chi connectivity index (χ1) is 8.50. The quantitative estimate of drug-likeness (QED) is 0.794. The Kier molecular flexibility index (Phi) is 3.78. The first-order valence-electron chi connectivity index (χ1n) is 5.97. The molecular formula is C13H17ClN2O2. The minimum absolute atomic E-state index is 0.0463. The molecule has 1 aliphatic rings. The second-order valence-electron chi connectivity index (χ2n) is 4.66. The van der Waals surface area contributed by atoms with Crippen molar-refractivity contribution in [1.29, 1.82) is 0 Å². The Morgan fingerprint density at radius 1 is 1.50 bits per heavy atom. The second kappa shape index (κ2) is 5.16. The molecule has 2 N–H and O–H groups in total. The van der Waals surface area contributed by atoms with Crippen molar-refractivity contribution in [2.24, 2.45) is 0 Å². The molecule has 1 aliphatic heterocycles. The molecule has 2 atom stereocenters. The summed E-state index contributed by atoms with van der Waals surface area (Å²) in [6.07, 6.45) is 0.0463. The third-order valence-electron chi connectivity index (χ3n) is 3.13. The highest BCUT2D eigenvalue weighted by Gasteiger charge is 2.29. The summed E-state index contributed by atoms with van der Waals surface area (Å²) in [5.41, 5.74) is 6.61. The predicted molar refractivity (Wildman–Crippen MR) is 71.8 cm³/mol. The monoisotopic (exact) mass is 268 g/mol. The van der Waals surface area contributed by atoms with E-state index in [1.54, 1.807) is 23.1 Å². The summed E-state index contributed by atoms with van der Waals surface area (Å²) in [5, 5.41) is 0.328. The van der Waals surface area contributed by atoms with Crippen LogP contribution < -0.4 is 5.73 Å². The maximum atomic E-state index is 12.5. The maximum Gasteiger partial charge on any atom is 0.255 e. The number of benzene rings is 1. The first kappa shape index (κ1) is 13.2. The molecule has 98 valence electrons. The molecule has 18 heavy (non-hydrogen) atoms. The van der Waals surface area contributed by atoms with E-state index in [1.807, 2.05) is 13.8 Å². The Labute approximate surface area is 112 Å². The highest BCUT2D eigenvalue weighted by atomic mass is 35.5. The SMILES string of the molecule is CC1CN(C(=O)c2cccc(N)c2Cl)C(C)CO1. The topological polar surface area (TPSA) is 55.6 Å². The zero-order valence-electron chi connectivity index (χ0n) is 10.5. The van der Waals surface area contributed by atoms with Gasteiger partial charge in [0.15, 0.2) is 0 Å². The highest BCUT2D eigenvalue weighted by molar-refractivity contribution is 6.36. The van der Waals surface area contributed by atoms with Crippen LogP contribution in [0.2, 0.25) is 5.02 Å². The third-order valence-corrected chi connectivity index (χ3v) is 3.55. The summed E-state index contributed by atoms with van der Waals surface area (Å²) in [5.74, 6) is -0.0880.